The molecule has 18 heavy (non-hydrogen) atoms. The summed E-state index contributed by atoms with van der Waals surface area (Å²) in [5.74, 6) is 0.708. The van der Waals surface area contributed by atoms with Crippen LogP contribution >= 0.6 is 11.6 Å². The summed E-state index contributed by atoms with van der Waals surface area (Å²) < 4.78 is 0. The van der Waals surface area contributed by atoms with Crippen LogP contribution < -0.4 is 5.32 Å². The molecule has 2 atom stereocenters. The molecule has 0 saturated heterocycles. The predicted octanol–water partition coefficient (Wildman–Crippen LogP) is 4.84. The lowest BCUT2D eigenvalue weighted by Gasteiger charge is -2.22. The molecule has 0 heterocycles. The van der Waals surface area contributed by atoms with E-state index in [2.05, 4.69) is 32.2 Å². The van der Waals surface area contributed by atoms with Crippen LogP contribution in [-0.2, 0) is 0 Å². The van der Waals surface area contributed by atoms with E-state index in [4.69, 9.17) is 16.9 Å². The zero-order valence-corrected chi connectivity index (χ0v) is 12.1. The lowest BCUT2D eigenvalue weighted by molar-refractivity contribution is 0.462. The Hall–Kier alpha value is -1.20. The minimum Gasteiger partial charge on any atom is -0.381 e. The molecule has 0 bridgehead atoms. The number of anilines is 1. The van der Waals surface area contributed by atoms with Crippen LogP contribution in [0.3, 0.4) is 0 Å². The average Bonchev–Trinajstić information content (AvgIpc) is 2.39. The predicted molar refractivity (Wildman–Crippen MR) is 77.9 cm³/mol. The maximum Gasteiger partial charge on any atom is 0.0992 e. The first-order chi connectivity index (χ1) is 8.60. The second-order valence-electron chi connectivity index (χ2n) is 4.81. The lowest BCUT2D eigenvalue weighted by atomic mass is 9.97. The van der Waals surface area contributed by atoms with E-state index in [1.807, 2.05) is 6.07 Å². The van der Waals surface area contributed by atoms with Crippen LogP contribution in [0.1, 0.15) is 45.6 Å². The van der Waals surface area contributed by atoms with Crippen molar-refractivity contribution in [3.8, 4) is 6.07 Å². The van der Waals surface area contributed by atoms with Gasteiger partial charge in [-0.1, -0.05) is 38.8 Å². The highest BCUT2D eigenvalue weighted by atomic mass is 35.5. The topological polar surface area (TPSA) is 35.8 Å². The summed E-state index contributed by atoms with van der Waals surface area (Å²) in [6.45, 7) is 6.66. The molecule has 0 amide bonds. The Labute approximate surface area is 115 Å². The summed E-state index contributed by atoms with van der Waals surface area (Å²) in [4.78, 5) is 0. The second kappa shape index (κ2) is 7.28. The number of nitriles is 1. The van der Waals surface area contributed by atoms with Crippen LogP contribution in [0.5, 0.6) is 0 Å². The van der Waals surface area contributed by atoms with Crippen LogP contribution in [-0.4, -0.2) is 6.04 Å². The highest BCUT2D eigenvalue weighted by Crippen LogP contribution is 2.25. The zero-order chi connectivity index (χ0) is 13.5. The van der Waals surface area contributed by atoms with Gasteiger partial charge in [-0.25, -0.2) is 0 Å². The van der Waals surface area contributed by atoms with Crippen molar-refractivity contribution in [1.82, 2.24) is 0 Å². The van der Waals surface area contributed by atoms with Crippen LogP contribution in [0.25, 0.3) is 0 Å². The van der Waals surface area contributed by atoms with Crippen LogP contribution in [0.4, 0.5) is 5.69 Å². The molecule has 0 spiro atoms. The molecule has 2 nitrogen and oxygen atoms in total. The van der Waals surface area contributed by atoms with Gasteiger partial charge in [0.05, 0.1) is 22.3 Å². The van der Waals surface area contributed by atoms with Crippen molar-refractivity contribution in [3.05, 3.63) is 28.8 Å². The van der Waals surface area contributed by atoms with Crippen molar-refractivity contribution in [2.24, 2.45) is 5.92 Å². The molecule has 1 aromatic carbocycles. The largest absolute Gasteiger partial charge is 0.381 e. The van der Waals surface area contributed by atoms with Gasteiger partial charge >= 0.3 is 0 Å². The van der Waals surface area contributed by atoms with Gasteiger partial charge in [-0.3, -0.25) is 0 Å². The highest BCUT2D eigenvalue weighted by molar-refractivity contribution is 6.33. The third-order valence-corrected chi connectivity index (χ3v) is 3.65. The fourth-order valence-corrected chi connectivity index (χ4v) is 2.14. The number of halogens is 1. The van der Waals surface area contributed by atoms with Gasteiger partial charge in [0, 0.05) is 6.04 Å². The molecule has 1 aromatic rings. The first-order valence-corrected chi connectivity index (χ1v) is 6.94. The normalized spacial score (nSPS) is 13.7. The first kappa shape index (κ1) is 14.9. The second-order valence-corrected chi connectivity index (χ2v) is 5.21. The van der Waals surface area contributed by atoms with E-state index < -0.39 is 0 Å². The Morgan fingerprint density at radius 1 is 1.33 bits per heavy atom. The van der Waals surface area contributed by atoms with Gasteiger partial charge < -0.3 is 5.32 Å². The number of nitrogens with zero attached hydrogens (tertiary/aromatic N) is 1. The fourth-order valence-electron chi connectivity index (χ4n) is 1.90. The summed E-state index contributed by atoms with van der Waals surface area (Å²) in [6.07, 6.45) is 3.41. The van der Waals surface area contributed by atoms with E-state index in [0.29, 0.717) is 22.5 Å². The Kier molecular flexibility index (Phi) is 6.01. The molecule has 1 rings (SSSR count). The Bertz CT molecular complexity index is 423. The molecule has 0 aliphatic heterocycles. The Morgan fingerprint density at radius 3 is 2.56 bits per heavy atom. The minimum absolute atomic E-state index is 0.436. The summed E-state index contributed by atoms with van der Waals surface area (Å²) in [7, 11) is 0. The van der Waals surface area contributed by atoms with E-state index >= 15 is 0 Å². The third kappa shape index (κ3) is 4.23. The van der Waals surface area contributed by atoms with Crippen LogP contribution in [0.2, 0.25) is 5.02 Å². The number of rotatable bonds is 6. The van der Waals surface area contributed by atoms with Crippen molar-refractivity contribution >= 4 is 17.3 Å². The van der Waals surface area contributed by atoms with E-state index in [1.54, 1.807) is 12.1 Å². The molecule has 0 fully saturated rings. The molecular formula is C15H21ClN2. The van der Waals surface area contributed by atoms with Gasteiger partial charge in [0.25, 0.3) is 0 Å². The van der Waals surface area contributed by atoms with Crippen molar-refractivity contribution in [2.45, 2.75) is 46.1 Å². The molecular weight excluding hydrogens is 244 g/mol. The zero-order valence-electron chi connectivity index (χ0n) is 11.3. The third-order valence-electron chi connectivity index (χ3n) is 3.33. The monoisotopic (exact) mass is 264 g/mol. The van der Waals surface area contributed by atoms with Gasteiger partial charge in [-0.2, -0.15) is 5.26 Å². The van der Waals surface area contributed by atoms with Crippen LogP contribution in [0.15, 0.2) is 18.2 Å². The van der Waals surface area contributed by atoms with Gasteiger partial charge in [0.1, 0.15) is 0 Å². The van der Waals surface area contributed by atoms with E-state index in [9.17, 15) is 0 Å². The maximum atomic E-state index is 8.80. The highest BCUT2D eigenvalue weighted by Gasteiger charge is 2.12. The lowest BCUT2D eigenvalue weighted by Crippen LogP contribution is -2.21. The SMILES string of the molecule is CCC(C)CC(CC)Nc1ccc(C#N)cc1Cl. The van der Waals surface area contributed by atoms with Crippen molar-refractivity contribution in [3.63, 3.8) is 0 Å². The van der Waals surface area contributed by atoms with E-state index in [0.717, 1.165) is 18.5 Å². The average molecular weight is 265 g/mol. The Balaban J connectivity index is 2.73. The number of nitrogens with one attached hydrogen (secondary N) is 1. The molecule has 3 heteroatoms. The van der Waals surface area contributed by atoms with Crippen LogP contribution in [0, 0.1) is 17.2 Å². The molecule has 0 aliphatic rings. The van der Waals surface area contributed by atoms with Crippen molar-refractivity contribution in [1.29, 1.82) is 5.26 Å². The number of benzene rings is 1. The first-order valence-electron chi connectivity index (χ1n) is 6.56. The molecule has 0 saturated carbocycles. The summed E-state index contributed by atoms with van der Waals surface area (Å²) in [5.41, 5.74) is 1.52. The number of hydrogen-bond donors (Lipinski definition) is 1. The standard InChI is InChI=1S/C15H21ClN2/c1-4-11(3)8-13(5-2)18-15-7-6-12(10-17)9-14(15)16/h6-7,9,11,13,18H,4-5,8H2,1-3H3. The van der Waals surface area contributed by atoms with Gasteiger partial charge in [0.2, 0.25) is 0 Å². The molecule has 98 valence electrons. The van der Waals surface area contributed by atoms with Crippen molar-refractivity contribution < 1.29 is 0 Å². The van der Waals surface area contributed by atoms with Gasteiger partial charge in [-0.05, 0) is 37.0 Å². The van der Waals surface area contributed by atoms with Crippen molar-refractivity contribution in [2.75, 3.05) is 5.32 Å². The quantitative estimate of drug-likeness (QED) is 0.798. The molecule has 0 aliphatic carbocycles. The fraction of sp³-hybridized carbons (Fsp3) is 0.533. The molecule has 1 N–H and O–H groups in total. The Morgan fingerprint density at radius 2 is 2.06 bits per heavy atom. The molecule has 2 unspecified atom stereocenters. The summed E-state index contributed by atoms with van der Waals surface area (Å²) in [6, 6.07) is 7.92. The maximum absolute atomic E-state index is 8.80. The van der Waals surface area contributed by atoms with Gasteiger partial charge in [0.15, 0.2) is 0 Å². The van der Waals surface area contributed by atoms with Gasteiger partial charge in [-0.15, -0.1) is 0 Å². The number of hydrogen-bond acceptors (Lipinski definition) is 2. The molecule has 0 radical (unpaired) electrons. The summed E-state index contributed by atoms with van der Waals surface area (Å²) >= 11 is 6.17. The minimum atomic E-state index is 0.436. The summed E-state index contributed by atoms with van der Waals surface area (Å²) in [5, 5.41) is 12.9. The van der Waals surface area contributed by atoms with E-state index in [-0.39, 0.29) is 0 Å². The van der Waals surface area contributed by atoms with E-state index in [1.165, 1.54) is 6.42 Å². The molecule has 0 aromatic heterocycles. The smallest absolute Gasteiger partial charge is 0.0992 e.